The maximum absolute atomic E-state index is 12.4. The second kappa shape index (κ2) is 8.92. The number of carbonyl (C=O) groups is 1. The van der Waals surface area contributed by atoms with Gasteiger partial charge in [-0.1, -0.05) is 37.3 Å². The Hall–Kier alpha value is -3.12. The van der Waals surface area contributed by atoms with E-state index < -0.39 is 17.8 Å². The third-order valence-corrected chi connectivity index (χ3v) is 4.90. The summed E-state index contributed by atoms with van der Waals surface area (Å²) in [6.07, 6.45) is -0.865. The molecular formula is C23H25NO5. The van der Waals surface area contributed by atoms with Crippen molar-refractivity contribution in [2.45, 2.75) is 39.4 Å². The van der Waals surface area contributed by atoms with Crippen LogP contribution < -0.4 is 15.7 Å². The summed E-state index contributed by atoms with van der Waals surface area (Å²) < 4.78 is 11.2. The lowest BCUT2D eigenvalue weighted by Crippen LogP contribution is -2.38. The van der Waals surface area contributed by atoms with Crippen LogP contribution in [0.15, 0.2) is 57.7 Å². The van der Waals surface area contributed by atoms with E-state index in [0.29, 0.717) is 23.3 Å². The van der Waals surface area contributed by atoms with Gasteiger partial charge < -0.3 is 19.6 Å². The average molecular weight is 395 g/mol. The molecule has 0 aliphatic rings. The normalized spacial score (nSPS) is 13.1. The van der Waals surface area contributed by atoms with Crippen molar-refractivity contribution in [1.29, 1.82) is 0 Å². The first kappa shape index (κ1) is 20.6. The summed E-state index contributed by atoms with van der Waals surface area (Å²) in [7, 11) is 0. The predicted octanol–water partition coefficient (Wildman–Crippen LogP) is 3.28. The fourth-order valence-corrected chi connectivity index (χ4v) is 3.21. The third kappa shape index (κ3) is 4.66. The number of fused-ring (bicyclic) bond motifs is 1. The van der Waals surface area contributed by atoms with Crippen molar-refractivity contribution in [3.8, 4) is 5.75 Å². The van der Waals surface area contributed by atoms with Gasteiger partial charge in [0, 0.05) is 23.6 Å². The van der Waals surface area contributed by atoms with Gasteiger partial charge in [-0.05, 0) is 43.5 Å². The van der Waals surface area contributed by atoms with Gasteiger partial charge in [-0.2, -0.15) is 0 Å². The van der Waals surface area contributed by atoms with Crippen molar-refractivity contribution in [2.24, 2.45) is 0 Å². The van der Waals surface area contributed by atoms with E-state index in [1.165, 1.54) is 6.07 Å². The Labute approximate surface area is 169 Å². The summed E-state index contributed by atoms with van der Waals surface area (Å²) in [6.45, 7) is 5.49. The van der Waals surface area contributed by atoms with Gasteiger partial charge in [0.2, 0.25) is 0 Å². The van der Waals surface area contributed by atoms with Gasteiger partial charge >= 0.3 is 5.63 Å². The molecule has 3 aromatic rings. The highest BCUT2D eigenvalue weighted by Crippen LogP contribution is 2.29. The quantitative estimate of drug-likeness (QED) is 0.600. The standard InChI is InChI=1S/C23H25NO5/c1-4-16-12-21(26)29-22-14(2)20(11-10-18(16)22)28-15(3)23(27)24-13-19(25)17-8-6-5-7-9-17/h5-12,15,19,25H,4,13H2,1-3H3,(H,24,27)/t15-,19-/m0/s1. The van der Waals surface area contributed by atoms with Crippen LogP contribution in [-0.2, 0) is 11.2 Å². The molecule has 2 aromatic carbocycles. The molecule has 0 saturated carbocycles. The van der Waals surface area contributed by atoms with Crippen LogP contribution in [-0.4, -0.2) is 23.7 Å². The van der Waals surface area contributed by atoms with Crippen molar-refractivity contribution >= 4 is 16.9 Å². The summed E-state index contributed by atoms with van der Waals surface area (Å²) in [6, 6.07) is 14.2. The van der Waals surface area contributed by atoms with E-state index in [4.69, 9.17) is 9.15 Å². The van der Waals surface area contributed by atoms with Crippen LogP contribution in [0.4, 0.5) is 0 Å². The van der Waals surface area contributed by atoms with E-state index in [9.17, 15) is 14.7 Å². The molecule has 29 heavy (non-hydrogen) atoms. The van der Waals surface area contributed by atoms with Gasteiger partial charge in [0.15, 0.2) is 6.10 Å². The summed E-state index contributed by atoms with van der Waals surface area (Å²) in [4.78, 5) is 24.2. The number of benzene rings is 2. The van der Waals surface area contributed by atoms with Gasteiger partial charge in [0.25, 0.3) is 5.91 Å². The lowest BCUT2D eigenvalue weighted by molar-refractivity contribution is -0.127. The summed E-state index contributed by atoms with van der Waals surface area (Å²) in [5, 5.41) is 13.7. The van der Waals surface area contributed by atoms with E-state index in [-0.39, 0.29) is 12.5 Å². The SMILES string of the molecule is CCc1cc(=O)oc2c(C)c(O[C@@H](C)C(=O)NC[C@H](O)c3ccccc3)ccc12. The average Bonchev–Trinajstić information content (AvgIpc) is 2.74. The molecule has 0 aliphatic carbocycles. The van der Waals surface area contributed by atoms with Crippen LogP contribution in [0.1, 0.15) is 36.6 Å². The Morgan fingerprint density at radius 2 is 1.93 bits per heavy atom. The first-order valence-corrected chi connectivity index (χ1v) is 9.64. The number of nitrogens with one attached hydrogen (secondary N) is 1. The molecule has 1 amide bonds. The number of aliphatic hydroxyl groups is 1. The minimum absolute atomic E-state index is 0.0853. The van der Waals surface area contributed by atoms with Crippen LogP contribution in [0.2, 0.25) is 0 Å². The monoisotopic (exact) mass is 395 g/mol. The van der Waals surface area contributed by atoms with Gasteiger partial charge in [0.05, 0.1) is 6.10 Å². The highest BCUT2D eigenvalue weighted by Gasteiger charge is 2.19. The molecule has 1 aromatic heterocycles. The predicted molar refractivity (Wildman–Crippen MR) is 111 cm³/mol. The molecule has 2 N–H and O–H groups in total. The Morgan fingerprint density at radius 1 is 1.21 bits per heavy atom. The molecule has 152 valence electrons. The minimum Gasteiger partial charge on any atom is -0.480 e. The van der Waals surface area contributed by atoms with Gasteiger partial charge in [-0.15, -0.1) is 0 Å². The van der Waals surface area contributed by atoms with E-state index >= 15 is 0 Å². The summed E-state index contributed by atoms with van der Waals surface area (Å²) in [5.74, 6) is 0.128. The number of ether oxygens (including phenoxy) is 1. The lowest BCUT2D eigenvalue weighted by Gasteiger charge is -2.18. The second-order valence-corrected chi connectivity index (χ2v) is 6.94. The summed E-state index contributed by atoms with van der Waals surface area (Å²) in [5.41, 5.74) is 2.37. The second-order valence-electron chi connectivity index (χ2n) is 6.94. The number of aryl methyl sites for hydroxylation is 2. The van der Waals surface area contributed by atoms with Gasteiger partial charge in [0.1, 0.15) is 11.3 Å². The number of rotatable bonds is 7. The van der Waals surface area contributed by atoms with Gasteiger partial charge in [-0.3, -0.25) is 4.79 Å². The zero-order chi connectivity index (χ0) is 21.0. The van der Waals surface area contributed by atoms with Crippen molar-refractivity contribution in [3.05, 3.63) is 75.6 Å². The fourth-order valence-electron chi connectivity index (χ4n) is 3.21. The molecule has 6 heteroatoms. The van der Waals surface area contributed by atoms with Crippen molar-refractivity contribution in [3.63, 3.8) is 0 Å². The van der Waals surface area contributed by atoms with E-state index in [0.717, 1.165) is 16.5 Å². The Morgan fingerprint density at radius 3 is 2.62 bits per heavy atom. The maximum atomic E-state index is 12.4. The van der Waals surface area contributed by atoms with Crippen LogP contribution in [0.3, 0.4) is 0 Å². The summed E-state index contributed by atoms with van der Waals surface area (Å²) >= 11 is 0. The smallest absolute Gasteiger partial charge is 0.336 e. The molecule has 0 saturated heterocycles. The van der Waals surface area contributed by atoms with Crippen LogP contribution in [0.5, 0.6) is 5.75 Å². The molecule has 0 spiro atoms. The molecule has 3 rings (SSSR count). The maximum Gasteiger partial charge on any atom is 0.336 e. The first-order valence-electron chi connectivity index (χ1n) is 9.64. The van der Waals surface area contributed by atoms with Crippen LogP contribution in [0, 0.1) is 6.92 Å². The lowest BCUT2D eigenvalue weighted by atomic mass is 10.0. The number of hydrogen-bond donors (Lipinski definition) is 2. The number of carbonyl (C=O) groups excluding carboxylic acids is 1. The molecule has 0 bridgehead atoms. The number of hydrogen-bond acceptors (Lipinski definition) is 5. The van der Waals surface area contributed by atoms with Gasteiger partial charge in [-0.25, -0.2) is 4.79 Å². The largest absolute Gasteiger partial charge is 0.480 e. The minimum atomic E-state index is -0.795. The molecular weight excluding hydrogens is 370 g/mol. The van der Waals surface area contributed by atoms with Crippen LogP contribution in [0.25, 0.3) is 11.0 Å². The van der Waals surface area contributed by atoms with Crippen molar-refractivity contribution < 1.29 is 19.1 Å². The first-order chi connectivity index (χ1) is 13.9. The Bertz CT molecular complexity index is 1060. The van der Waals surface area contributed by atoms with E-state index in [1.54, 1.807) is 32.0 Å². The molecule has 6 nitrogen and oxygen atoms in total. The Kier molecular flexibility index (Phi) is 6.34. The Balaban J connectivity index is 1.70. The zero-order valence-electron chi connectivity index (χ0n) is 16.8. The highest BCUT2D eigenvalue weighted by molar-refractivity contribution is 5.85. The van der Waals surface area contributed by atoms with Crippen molar-refractivity contribution in [1.82, 2.24) is 5.32 Å². The third-order valence-electron chi connectivity index (χ3n) is 4.90. The molecule has 1 heterocycles. The number of amides is 1. The molecule has 0 fully saturated rings. The molecule has 0 radical (unpaired) electrons. The molecule has 0 unspecified atom stereocenters. The fraction of sp³-hybridized carbons (Fsp3) is 0.304. The number of aliphatic hydroxyl groups excluding tert-OH is 1. The zero-order valence-corrected chi connectivity index (χ0v) is 16.8. The van der Waals surface area contributed by atoms with E-state index in [2.05, 4.69) is 5.32 Å². The van der Waals surface area contributed by atoms with Crippen LogP contribution >= 0.6 is 0 Å². The van der Waals surface area contributed by atoms with Crippen molar-refractivity contribution in [2.75, 3.05) is 6.54 Å². The topological polar surface area (TPSA) is 88.8 Å². The highest BCUT2D eigenvalue weighted by atomic mass is 16.5. The molecule has 0 aliphatic heterocycles. The van der Waals surface area contributed by atoms with E-state index in [1.807, 2.05) is 31.2 Å². The molecule has 2 atom stereocenters.